The Morgan fingerprint density at radius 2 is 1.66 bits per heavy atom. The fraction of sp³-hybridized carbons (Fsp3) is 0.333. The number of ketones is 1. The number of aliphatic hydroxyl groups is 1. The van der Waals surface area contributed by atoms with Crippen LogP contribution in [0, 0.1) is 0 Å². The number of carbonyl (C=O) groups excluding carboxylic acids is 1. The van der Waals surface area contributed by atoms with Crippen molar-refractivity contribution in [3.8, 4) is 22.8 Å². The Labute approximate surface area is 197 Å². The highest BCUT2D eigenvalue weighted by atomic mass is 35.5. The number of rotatable bonds is 9. The molecule has 0 amide bonds. The maximum Gasteiger partial charge on any atom is 0.200 e. The zero-order valence-corrected chi connectivity index (χ0v) is 19.1. The van der Waals surface area contributed by atoms with E-state index in [1.165, 1.54) is 12.1 Å². The summed E-state index contributed by atoms with van der Waals surface area (Å²) in [6.07, 6.45) is 0. The van der Waals surface area contributed by atoms with Gasteiger partial charge in [-0.2, -0.15) is 5.10 Å². The molecule has 0 aliphatic heterocycles. The van der Waals surface area contributed by atoms with Crippen molar-refractivity contribution in [2.24, 2.45) is 0 Å². The SMILES string of the molecule is CNCCNc1ccc2c3c(nn2CCNCCO)-c2c(O)ccc(O)c2C(=O)c13.Cl.Cl. The molecule has 0 spiro atoms. The summed E-state index contributed by atoms with van der Waals surface area (Å²) in [5.74, 6) is -0.627. The number of phenols is 2. The summed E-state index contributed by atoms with van der Waals surface area (Å²) >= 11 is 0. The van der Waals surface area contributed by atoms with Crippen LogP contribution in [0.5, 0.6) is 11.5 Å². The highest BCUT2D eigenvalue weighted by Gasteiger charge is 2.35. The molecule has 174 valence electrons. The molecule has 4 rings (SSSR count). The molecule has 0 fully saturated rings. The van der Waals surface area contributed by atoms with E-state index in [-0.39, 0.29) is 59.8 Å². The summed E-state index contributed by atoms with van der Waals surface area (Å²) < 4.78 is 1.78. The van der Waals surface area contributed by atoms with Crippen LogP contribution in [-0.4, -0.2) is 70.7 Å². The van der Waals surface area contributed by atoms with Crippen LogP contribution in [0.4, 0.5) is 5.69 Å². The van der Waals surface area contributed by atoms with Gasteiger partial charge in [0.15, 0.2) is 5.78 Å². The van der Waals surface area contributed by atoms with Crippen molar-refractivity contribution in [3.63, 3.8) is 0 Å². The Morgan fingerprint density at radius 3 is 2.34 bits per heavy atom. The predicted molar refractivity (Wildman–Crippen MR) is 129 cm³/mol. The average molecular weight is 484 g/mol. The maximum atomic E-state index is 13.4. The molecule has 1 aromatic heterocycles. The molecule has 0 saturated carbocycles. The summed E-state index contributed by atoms with van der Waals surface area (Å²) in [7, 11) is 1.85. The molecule has 1 aliphatic carbocycles. The van der Waals surface area contributed by atoms with E-state index in [1.54, 1.807) is 4.68 Å². The van der Waals surface area contributed by atoms with Gasteiger partial charge in [0.05, 0.1) is 35.4 Å². The Kier molecular flexibility index (Phi) is 8.71. The molecule has 3 aromatic rings. The average Bonchev–Trinajstić information content (AvgIpc) is 3.10. The van der Waals surface area contributed by atoms with E-state index in [4.69, 9.17) is 5.11 Å². The molecule has 1 heterocycles. The number of likely N-dealkylation sites (N-methyl/N-ethyl adjacent to an activating group) is 1. The summed E-state index contributed by atoms with van der Waals surface area (Å²) in [6.45, 7) is 2.97. The molecule has 1 aliphatic rings. The second-order valence-electron chi connectivity index (χ2n) is 7.14. The van der Waals surface area contributed by atoms with E-state index in [1.807, 2.05) is 19.2 Å². The van der Waals surface area contributed by atoms with Crippen LogP contribution in [0.3, 0.4) is 0 Å². The Bertz CT molecular complexity index is 1120. The number of benzene rings is 2. The topological polar surface area (TPSA) is 132 Å². The second-order valence-corrected chi connectivity index (χ2v) is 7.14. The fourth-order valence-electron chi connectivity index (χ4n) is 3.89. The first-order valence-corrected chi connectivity index (χ1v) is 9.92. The number of aromatic hydroxyl groups is 2. The van der Waals surface area contributed by atoms with Gasteiger partial charge in [-0.05, 0) is 31.3 Å². The second kappa shape index (κ2) is 10.8. The van der Waals surface area contributed by atoms with Crippen molar-refractivity contribution in [2.75, 3.05) is 45.2 Å². The summed E-state index contributed by atoms with van der Waals surface area (Å²) in [4.78, 5) is 13.4. The van der Waals surface area contributed by atoms with Crippen LogP contribution in [-0.2, 0) is 6.54 Å². The van der Waals surface area contributed by atoms with Crippen molar-refractivity contribution in [3.05, 3.63) is 35.4 Å². The van der Waals surface area contributed by atoms with Crippen LogP contribution < -0.4 is 16.0 Å². The van der Waals surface area contributed by atoms with E-state index in [2.05, 4.69) is 21.0 Å². The fourth-order valence-corrected chi connectivity index (χ4v) is 3.89. The van der Waals surface area contributed by atoms with Crippen LogP contribution in [0.25, 0.3) is 22.2 Å². The molecule has 0 bridgehead atoms. The lowest BCUT2D eigenvalue weighted by Crippen LogP contribution is -2.23. The lowest BCUT2D eigenvalue weighted by molar-refractivity contribution is 0.103. The first kappa shape index (κ1) is 25.7. The van der Waals surface area contributed by atoms with Gasteiger partial charge in [-0.25, -0.2) is 0 Å². The van der Waals surface area contributed by atoms with Gasteiger partial charge >= 0.3 is 0 Å². The van der Waals surface area contributed by atoms with Gasteiger partial charge in [0, 0.05) is 37.3 Å². The largest absolute Gasteiger partial charge is 0.507 e. The highest BCUT2D eigenvalue weighted by molar-refractivity contribution is 6.29. The Hall–Kier alpha value is -2.56. The number of hydrogen-bond donors (Lipinski definition) is 6. The standard InChI is InChI=1S/C21H25N5O4.2ClH/c1-22-6-7-24-12-2-3-13-17-16(12)21(30)19-15(29)5-4-14(28)18(19)20(17)25-26(13)10-8-23-9-11-27;;/h2-5,22-24,27-29H,6-11H2,1H3;2*1H. The number of carbonyl (C=O) groups is 1. The van der Waals surface area contributed by atoms with Gasteiger partial charge in [0.25, 0.3) is 0 Å². The van der Waals surface area contributed by atoms with Gasteiger partial charge in [0.1, 0.15) is 17.2 Å². The minimum absolute atomic E-state index is 0. The van der Waals surface area contributed by atoms with Crippen molar-refractivity contribution in [1.29, 1.82) is 0 Å². The molecular weight excluding hydrogens is 457 g/mol. The minimum Gasteiger partial charge on any atom is -0.507 e. The quantitative estimate of drug-likeness (QED) is 0.156. The van der Waals surface area contributed by atoms with Gasteiger partial charge < -0.3 is 31.3 Å². The number of aromatic nitrogens is 2. The molecule has 6 N–H and O–H groups in total. The van der Waals surface area contributed by atoms with Crippen LogP contribution in [0.1, 0.15) is 15.9 Å². The van der Waals surface area contributed by atoms with Crippen LogP contribution in [0.2, 0.25) is 0 Å². The van der Waals surface area contributed by atoms with E-state index >= 15 is 0 Å². The number of nitrogens with zero attached hydrogens (tertiary/aromatic N) is 2. The van der Waals surface area contributed by atoms with Gasteiger partial charge in [-0.1, -0.05) is 0 Å². The zero-order valence-electron chi connectivity index (χ0n) is 17.5. The lowest BCUT2D eigenvalue weighted by atomic mass is 9.85. The summed E-state index contributed by atoms with van der Waals surface area (Å²) in [6, 6.07) is 6.44. The first-order valence-electron chi connectivity index (χ1n) is 9.92. The smallest absolute Gasteiger partial charge is 0.200 e. The monoisotopic (exact) mass is 483 g/mol. The molecular formula is C21H27Cl2N5O4. The Balaban J connectivity index is 0.00000181. The van der Waals surface area contributed by atoms with Crippen molar-refractivity contribution >= 4 is 47.2 Å². The van der Waals surface area contributed by atoms with Crippen LogP contribution in [0.15, 0.2) is 24.3 Å². The predicted octanol–water partition coefficient (Wildman–Crippen LogP) is 1.72. The number of nitrogens with one attached hydrogen (secondary N) is 3. The maximum absolute atomic E-state index is 13.4. The number of halogens is 2. The third-order valence-corrected chi connectivity index (χ3v) is 5.25. The van der Waals surface area contributed by atoms with Gasteiger partial charge in [-0.3, -0.25) is 9.48 Å². The number of aliphatic hydroxyl groups excluding tert-OH is 1. The van der Waals surface area contributed by atoms with Crippen LogP contribution >= 0.6 is 24.8 Å². The Morgan fingerprint density at radius 1 is 0.938 bits per heavy atom. The number of anilines is 1. The van der Waals surface area contributed by atoms with E-state index < -0.39 is 0 Å². The van der Waals surface area contributed by atoms with Crippen molar-refractivity contribution in [2.45, 2.75) is 6.54 Å². The summed E-state index contributed by atoms with van der Waals surface area (Å²) in [5.41, 5.74) is 2.67. The highest BCUT2D eigenvalue weighted by Crippen LogP contribution is 2.47. The molecule has 0 atom stereocenters. The van der Waals surface area contributed by atoms with E-state index in [9.17, 15) is 15.0 Å². The number of hydrogen-bond acceptors (Lipinski definition) is 8. The third-order valence-electron chi connectivity index (χ3n) is 5.25. The number of phenolic OH excluding ortho intramolecular Hbond substituents is 2. The van der Waals surface area contributed by atoms with E-state index in [0.29, 0.717) is 48.5 Å². The summed E-state index contributed by atoms with van der Waals surface area (Å²) in [5, 5.41) is 44.7. The van der Waals surface area contributed by atoms with Gasteiger partial charge in [-0.15, -0.1) is 24.8 Å². The third kappa shape index (κ3) is 4.35. The van der Waals surface area contributed by atoms with Crippen molar-refractivity contribution in [1.82, 2.24) is 20.4 Å². The zero-order chi connectivity index (χ0) is 21.3. The number of fused-ring (bicyclic) bond motifs is 2. The molecule has 2 aromatic carbocycles. The minimum atomic E-state index is -0.346. The van der Waals surface area contributed by atoms with Gasteiger partial charge in [0.2, 0.25) is 0 Å². The lowest BCUT2D eigenvalue weighted by Gasteiger charge is -2.20. The molecule has 0 saturated heterocycles. The molecule has 0 radical (unpaired) electrons. The first-order chi connectivity index (χ1) is 14.6. The molecule has 32 heavy (non-hydrogen) atoms. The van der Waals surface area contributed by atoms with Crippen molar-refractivity contribution < 1.29 is 20.1 Å². The molecule has 9 nitrogen and oxygen atoms in total. The molecule has 11 heteroatoms. The normalized spacial score (nSPS) is 11.6. The molecule has 0 unspecified atom stereocenters. The van der Waals surface area contributed by atoms with E-state index in [0.717, 1.165) is 12.1 Å².